The minimum atomic E-state index is -1.08. The van der Waals surface area contributed by atoms with Gasteiger partial charge in [0.05, 0.1) is 0 Å². The molecule has 0 aliphatic rings. The molecular weight excluding hydrogens is 258 g/mol. The Kier molecular flexibility index (Phi) is 4.20. The quantitative estimate of drug-likeness (QED) is 0.874. The van der Waals surface area contributed by atoms with Gasteiger partial charge in [0.25, 0.3) is 5.91 Å². The molecule has 0 unspecified atom stereocenters. The Hall–Kier alpha value is -2.56. The molecule has 0 saturated heterocycles. The summed E-state index contributed by atoms with van der Waals surface area (Å²) in [5.41, 5.74) is 0.0763. The van der Waals surface area contributed by atoms with Gasteiger partial charge in [-0.25, -0.2) is 4.79 Å². The Morgan fingerprint density at radius 3 is 2.65 bits per heavy atom. The van der Waals surface area contributed by atoms with Gasteiger partial charge in [0.15, 0.2) is 6.61 Å². The summed E-state index contributed by atoms with van der Waals surface area (Å²) in [6.45, 7) is 2.11. The van der Waals surface area contributed by atoms with Gasteiger partial charge in [-0.3, -0.25) is 4.79 Å². The predicted octanol–water partition coefficient (Wildman–Crippen LogP) is 2.05. The maximum Gasteiger partial charge on any atom is 0.340 e. The van der Waals surface area contributed by atoms with E-state index >= 15 is 0 Å². The van der Waals surface area contributed by atoms with Crippen LogP contribution in [0, 0.1) is 0 Å². The first-order chi connectivity index (χ1) is 9.63. The second-order valence-electron chi connectivity index (χ2n) is 4.21. The van der Waals surface area contributed by atoms with E-state index in [4.69, 9.17) is 4.74 Å². The molecule has 0 radical (unpaired) electrons. The summed E-state index contributed by atoms with van der Waals surface area (Å²) in [7, 11) is 0. The van der Waals surface area contributed by atoms with Crippen LogP contribution in [0.15, 0.2) is 36.4 Å². The number of fused-ring (bicyclic) bond motifs is 1. The smallest absolute Gasteiger partial charge is 0.340 e. The molecule has 0 saturated carbocycles. The van der Waals surface area contributed by atoms with Gasteiger partial charge < -0.3 is 15.2 Å². The van der Waals surface area contributed by atoms with Gasteiger partial charge in [-0.05, 0) is 23.8 Å². The first kappa shape index (κ1) is 13.9. The molecule has 0 aromatic heterocycles. The van der Waals surface area contributed by atoms with Crippen molar-refractivity contribution in [3.63, 3.8) is 0 Å². The molecule has 0 spiro atoms. The van der Waals surface area contributed by atoms with Gasteiger partial charge >= 0.3 is 5.97 Å². The molecule has 0 fully saturated rings. The van der Waals surface area contributed by atoms with Crippen molar-refractivity contribution in [3.8, 4) is 5.75 Å². The minimum Gasteiger partial charge on any atom is -0.483 e. The molecule has 20 heavy (non-hydrogen) atoms. The van der Waals surface area contributed by atoms with E-state index in [9.17, 15) is 14.7 Å². The first-order valence-corrected chi connectivity index (χ1v) is 6.28. The maximum absolute atomic E-state index is 11.4. The van der Waals surface area contributed by atoms with Crippen LogP contribution in [0.5, 0.6) is 5.75 Å². The van der Waals surface area contributed by atoms with Crippen LogP contribution in [0.2, 0.25) is 0 Å². The third kappa shape index (κ3) is 2.88. The summed E-state index contributed by atoms with van der Waals surface area (Å²) < 4.78 is 5.33. The van der Waals surface area contributed by atoms with Crippen molar-refractivity contribution < 1.29 is 19.4 Å². The number of aromatic carboxylic acids is 1. The summed E-state index contributed by atoms with van der Waals surface area (Å²) in [6.07, 6.45) is 0. The maximum atomic E-state index is 11.4. The topological polar surface area (TPSA) is 75.6 Å². The third-order valence-corrected chi connectivity index (χ3v) is 2.84. The van der Waals surface area contributed by atoms with E-state index in [0.29, 0.717) is 11.9 Å². The summed E-state index contributed by atoms with van der Waals surface area (Å²) in [6, 6.07) is 10.5. The Bertz CT molecular complexity index is 651. The molecule has 1 amide bonds. The van der Waals surface area contributed by atoms with Gasteiger partial charge in [0.1, 0.15) is 11.3 Å². The highest BCUT2D eigenvalue weighted by Crippen LogP contribution is 2.28. The molecule has 104 valence electrons. The van der Waals surface area contributed by atoms with Crippen molar-refractivity contribution in [1.82, 2.24) is 5.32 Å². The van der Waals surface area contributed by atoms with Crippen molar-refractivity contribution in [1.29, 1.82) is 0 Å². The fraction of sp³-hybridized carbons (Fsp3) is 0.200. The van der Waals surface area contributed by atoms with E-state index in [1.165, 1.54) is 0 Å². The summed E-state index contributed by atoms with van der Waals surface area (Å²) >= 11 is 0. The van der Waals surface area contributed by atoms with Crippen molar-refractivity contribution in [2.75, 3.05) is 13.2 Å². The number of amides is 1. The average Bonchev–Trinajstić information content (AvgIpc) is 2.44. The lowest BCUT2D eigenvalue weighted by atomic mass is 10.0. The van der Waals surface area contributed by atoms with Crippen LogP contribution in [0.3, 0.4) is 0 Å². The van der Waals surface area contributed by atoms with E-state index in [1.807, 2.05) is 12.1 Å². The zero-order valence-electron chi connectivity index (χ0n) is 11.1. The first-order valence-electron chi connectivity index (χ1n) is 6.28. The van der Waals surface area contributed by atoms with E-state index < -0.39 is 5.97 Å². The number of carbonyl (C=O) groups is 2. The minimum absolute atomic E-state index is 0.0763. The number of carboxylic acid groups (broad SMARTS) is 1. The average molecular weight is 273 g/mol. The second kappa shape index (κ2) is 6.06. The van der Waals surface area contributed by atoms with Gasteiger partial charge in [-0.1, -0.05) is 30.3 Å². The molecule has 0 atom stereocenters. The Morgan fingerprint density at radius 1 is 1.20 bits per heavy atom. The Labute approximate surface area is 116 Å². The van der Waals surface area contributed by atoms with Crippen molar-refractivity contribution in [3.05, 3.63) is 42.0 Å². The number of benzene rings is 2. The highest BCUT2D eigenvalue weighted by atomic mass is 16.5. The summed E-state index contributed by atoms with van der Waals surface area (Å²) in [5, 5.41) is 13.3. The monoisotopic (exact) mass is 273 g/mol. The molecule has 2 aromatic carbocycles. The molecular formula is C15H15NO4. The summed E-state index contributed by atoms with van der Waals surface area (Å²) in [4.78, 5) is 22.8. The van der Waals surface area contributed by atoms with Gasteiger partial charge in [-0.2, -0.15) is 0 Å². The highest BCUT2D eigenvalue weighted by Gasteiger charge is 2.16. The third-order valence-electron chi connectivity index (χ3n) is 2.84. The number of likely N-dealkylation sites (N-methyl/N-ethyl adjacent to an activating group) is 1. The molecule has 2 aromatic rings. The molecule has 0 heterocycles. The molecule has 2 rings (SSSR count). The predicted molar refractivity (Wildman–Crippen MR) is 75.1 cm³/mol. The second-order valence-corrected chi connectivity index (χ2v) is 4.21. The van der Waals surface area contributed by atoms with Crippen molar-refractivity contribution in [2.24, 2.45) is 0 Å². The van der Waals surface area contributed by atoms with Crippen LogP contribution in [0.25, 0.3) is 10.8 Å². The van der Waals surface area contributed by atoms with Crippen LogP contribution in [0.4, 0.5) is 0 Å². The lowest BCUT2D eigenvalue weighted by Gasteiger charge is -2.11. The molecule has 0 aliphatic heterocycles. The SMILES string of the molecule is CCNC(=O)COc1ccc2ccccc2c1C(=O)O. The lowest BCUT2D eigenvalue weighted by molar-refractivity contribution is -0.123. The van der Waals surface area contributed by atoms with Gasteiger partial charge in [-0.15, -0.1) is 0 Å². The number of ether oxygens (including phenoxy) is 1. The van der Waals surface area contributed by atoms with Crippen LogP contribution >= 0.6 is 0 Å². The normalized spacial score (nSPS) is 10.2. The zero-order chi connectivity index (χ0) is 14.5. The number of nitrogens with one attached hydrogen (secondary N) is 1. The van der Waals surface area contributed by atoms with E-state index in [2.05, 4.69) is 5.32 Å². The molecule has 2 N–H and O–H groups in total. The number of rotatable bonds is 5. The molecule has 5 nitrogen and oxygen atoms in total. The van der Waals surface area contributed by atoms with Crippen LogP contribution < -0.4 is 10.1 Å². The van der Waals surface area contributed by atoms with E-state index in [1.54, 1.807) is 31.2 Å². The molecule has 0 aliphatic carbocycles. The number of hydrogen-bond acceptors (Lipinski definition) is 3. The van der Waals surface area contributed by atoms with Crippen LogP contribution in [-0.4, -0.2) is 30.1 Å². The van der Waals surface area contributed by atoms with Crippen molar-refractivity contribution in [2.45, 2.75) is 6.92 Å². The standard InChI is InChI=1S/C15H15NO4/c1-2-16-13(17)9-20-12-8-7-10-5-3-4-6-11(10)14(12)15(18)19/h3-8H,2,9H2,1H3,(H,16,17)(H,18,19). The van der Waals surface area contributed by atoms with E-state index in [-0.39, 0.29) is 23.8 Å². The fourth-order valence-corrected chi connectivity index (χ4v) is 1.98. The van der Waals surface area contributed by atoms with E-state index in [0.717, 1.165) is 5.39 Å². The Morgan fingerprint density at radius 2 is 1.95 bits per heavy atom. The number of carboxylic acids is 1. The molecule has 0 bridgehead atoms. The van der Waals surface area contributed by atoms with Crippen LogP contribution in [-0.2, 0) is 4.79 Å². The Balaban J connectivity index is 2.35. The van der Waals surface area contributed by atoms with Crippen LogP contribution in [0.1, 0.15) is 17.3 Å². The highest BCUT2D eigenvalue weighted by molar-refractivity contribution is 6.06. The fourth-order valence-electron chi connectivity index (χ4n) is 1.98. The van der Waals surface area contributed by atoms with Gasteiger partial charge in [0.2, 0.25) is 0 Å². The summed E-state index contributed by atoms with van der Waals surface area (Å²) in [5.74, 6) is -1.16. The number of carbonyl (C=O) groups excluding carboxylic acids is 1. The molecule has 5 heteroatoms. The number of hydrogen-bond donors (Lipinski definition) is 2. The largest absolute Gasteiger partial charge is 0.483 e. The van der Waals surface area contributed by atoms with Gasteiger partial charge in [0, 0.05) is 6.54 Å². The van der Waals surface area contributed by atoms with Crippen molar-refractivity contribution >= 4 is 22.6 Å². The lowest BCUT2D eigenvalue weighted by Crippen LogP contribution is -2.28. The zero-order valence-corrected chi connectivity index (χ0v) is 11.1.